The normalized spacial score (nSPS) is 16.6. The summed E-state index contributed by atoms with van der Waals surface area (Å²) < 4.78 is 21.9. The maximum absolute atomic E-state index is 14.4. The summed E-state index contributed by atoms with van der Waals surface area (Å²) >= 11 is 1.74. The minimum absolute atomic E-state index is 0.00321. The van der Waals surface area contributed by atoms with Gasteiger partial charge in [-0.3, -0.25) is 14.7 Å². The molecule has 2 N–H and O–H groups in total. The van der Waals surface area contributed by atoms with E-state index in [0.29, 0.717) is 5.75 Å². The first kappa shape index (κ1) is 62.3. The molecule has 1 aliphatic carbocycles. The van der Waals surface area contributed by atoms with Crippen molar-refractivity contribution in [1.29, 1.82) is 0 Å². The molecule has 13 nitrogen and oxygen atoms in total. The zero-order chi connectivity index (χ0) is 55.3. The summed E-state index contributed by atoms with van der Waals surface area (Å²) in [5.74, 6) is 0.852. The third kappa shape index (κ3) is 20.3. The number of nitrogens with zero attached hydrogens (tertiary/aromatic N) is 3. The predicted molar refractivity (Wildman–Crippen MR) is 306 cm³/mol. The van der Waals surface area contributed by atoms with Gasteiger partial charge < -0.3 is 29.6 Å². The molecule has 4 rings (SSSR count). The topological polar surface area (TPSA) is 148 Å². The lowest BCUT2D eigenvalue weighted by atomic mass is 9.73. The highest BCUT2D eigenvalue weighted by Crippen LogP contribution is 2.49. The number of methoxy groups -OCH3 is 1. The molecule has 0 aliphatic heterocycles. The summed E-state index contributed by atoms with van der Waals surface area (Å²) in [6.07, 6.45) is 16.3. The summed E-state index contributed by atoms with van der Waals surface area (Å²) in [7, 11) is 4.61. The molecule has 0 saturated heterocycles. The number of carbonyl (C=O) groups is 4. The molecule has 0 heterocycles. The van der Waals surface area contributed by atoms with Crippen LogP contribution in [0.25, 0.3) is 0 Å². The van der Waals surface area contributed by atoms with E-state index < -0.39 is 51.8 Å². The summed E-state index contributed by atoms with van der Waals surface area (Å²) in [5.41, 5.74) is 2.28. The van der Waals surface area contributed by atoms with Crippen molar-refractivity contribution in [3.8, 4) is 5.75 Å². The molecule has 0 bridgehead atoms. The van der Waals surface area contributed by atoms with Gasteiger partial charge in [-0.1, -0.05) is 151 Å². The second-order valence-electron chi connectivity index (χ2n) is 23.3. The van der Waals surface area contributed by atoms with E-state index in [2.05, 4.69) is 83.2 Å². The van der Waals surface area contributed by atoms with Gasteiger partial charge in [0.25, 0.3) is 0 Å². The number of ether oxygens (including phenoxy) is 4. The Hall–Kier alpha value is -5.24. The fraction of sp³-hybridized carbons (Fsp3) is 0.623. The lowest BCUT2D eigenvalue weighted by Gasteiger charge is -2.37. The van der Waals surface area contributed by atoms with Gasteiger partial charge >= 0.3 is 18.3 Å². The Morgan fingerprint density at radius 3 is 1.60 bits per heavy atom. The van der Waals surface area contributed by atoms with Crippen LogP contribution in [0.4, 0.5) is 14.4 Å². The van der Waals surface area contributed by atoms with Crippen LogP contribution in [0.1, 0.15) is 194 Å². The maximum Gasteiger partial charge on any atom is 0.417 e. The van der Waals surface area contributed by atoms with E-state index in [0.717, 1.165) is 27.3 Å². The van der Waals surface area contributed by atoms with Crippen LogP contribution in [0.2, 0.25) is 0 Å². The van der Waals surface area contributed by atoms with Gasteiger partial charge in [-0.25, -0.2) is 19.3 Å². The number of carbonyl (C=O) groups excluding carboxylic acids is 4. The Bertz CT molecular complexity index is 2240. The van der Waals surface area contributed by atoms with Crippen LogP contribution in [-0.2, 0) is 29.2 Å². The fourth-order valence-electron chi connectivity index (χ4n) is 9.70. The molecular weight excluding hydrogens is 963 g/mol. The number of alkyl carbamates (subject to hydrolysis) is 1. The monoisotopic (exact) mass is 1060 g/mol. The van der Waals surface area contributed by atoms with E-state index in [-0.39, 0.29) is 37.3 Å². The molecule has 1 fully saturated rings. The van der Waals surface area contributed by atoms with E-state index in [9.17, 15) is 19.2 Å². The SMILES string of the molecule is C/N=C(\N(C)C(=O)OC(C)(C)C)N(CCCC(NC(=O)OC(C)(C)C)C(=O)NCCSC(c1ccccc1)(c1ccc(OC)cc1)c1ccc(C2(C)CCCCCCCCCCCCCC2)cc1)C(=O)OC(C)(C)C. The van der Waals surface area contributed by atoms with E-state index in [4.69, 9.17) is 18.9 Å². The van der Waals surface area contributed by atoms with Crippen LogP contribution in [0.5, 0.6) is 5.75 Å². The van der Waals surface area contributed by atoms with Gasteiger partial charge in [0.1, 0.15) is 28.6 Å². The van der Waals surface area contributed by atoms with E-state index in [1.807, 2.05) is 18.2 Å². The number of thioether (sulfide) groups is 1. The van der Waals surface area contributed by atoms with Crippen molar-refractivity contribution in [2.45, 2.75) is 205 Å². The van der Waals surface area contributed by atoms with Gasteiger partial charge in [-0.05, 0) is 128 Å². The predicted octanol–water partition coefficient (Wildman–Crippen LogP) is 14.3. The van der Waals surface area contributed by atoms with Crippen molar-refractivity contribution in [3.05, 3.63) is 101 Å². The molecule has 3 aromatic rings. The van der Waals surface area contributed by atoms with Crippen molar-refractivity contribution in [2.75, 3.05) is 40.0 Å². The first-order chi connectivity index (χ1) is 35.4. The minimum Gasteiger partial charge on any atom is -0.497 e. The number of amides is 4. The highest BCUT2D eigenvalue weighted by molar-refractivity contribution is 8.00. The third-order valence-corrected chi connectivity index (χ3v) is 15.0. The van der Waals surface area contributed by atoms with Crippen molar-refractivity contribution >= 4 is 41.9 Å². The summed E-state index contributed by atoms with van der Waals surface area (Å²) in [5, 5.41) is 5.92. The van der Waals surface area contributed by atoms with Gasteiger partial charge in [-0.2, -0.15) is 0 Å². The zero-order valence-corrected chi connectivity index (χ0v) is 48.9. The van der Waals surface area contributed by atoms with Crippen molar-refractivity contribution in [1.82, 2.24) is 20.4 Å². The number of aliphatic imine (C=N–C) groups is 1. The molecule has 0 aromatic heterocycles. The molecule has 3 aromatic carbocycles. The largest absolute Gasteiger partial charge is 0.497 e. The Labute approximate surface area is 455 Å². The molecule has 416 valence electrons. The van der Waals surface area contributed by atoms with Crippen molar-refractivity contribution in [2.24, 2.45) is 4.99 Å². The van der Waals surface area contributed by atoms with Crippen molar-refractivity contribution < 1.29 is 38.1 Å². The first-order valence-corrected chi connectivity index (χ1v) is 28.6. The summed E-state index contributed by atoms with van der Waals surface area (Å²) in [6.45, 7) is 18.5. The minimum atomic E-state index is -1.04. The van der Waals surface area contributed by atoms with Crippen LogP contribution in [0, 0.1) is 0 Å². The quantitative estimate of drug-likeness (QED) is 0.0499. The van der Waals surface area contributed by atoms with Gasteiger partial charge in [0, 0.05) is 32.9 Å². The average Bonchev–Trinajstić information content (AvgIpc) is 3.35. The lowest BCUT2D eigenvalue weighted by molar-refractivity contribution is -0.123. The molecular formula is C61H93N5O8S. The molecule has 4 amide bonds. The number of rotatable bonds is 15. The number of nitrogens with one attached hydrogen (secondary N) is 2. The number of hydrogen-bond acceptors (Lipinski definition) is 10. The van der Waals surface area contributed by atoms with Gasteiger partial charge in [0.15, 0.2) is 0 Å². The molecule has 2 atom stereocenters. The van der Waals surface area contributed by atoms with Gasteiger partial charge in [-0.15, -0.1) is 11.8 Å². The highest BCUT2D eigenvalue weighted by Gasteiger charge is 2.39. The Morgan fingerprint density at radius 1 is 0.653 bits per heavy atom. The fourth-order valence-corrected chi connectivity index (χ4v) is 11.1. The molecule has 1 saturated carbocycles. The number of hydrogen-bond donors (Lipinski definition) is 2. The van der Waals surface area contributed by atoms with E-state index >= 15 is 0 Å². The molecule has 0 spiro atoms. The Kier molecular flexibility index (Phi) is 24.4. The molecule has 14 heteroatoms. The van der Waals surface area contributed by atoms with Crippen LogP contribution in [0.15, 0.2) is 83.9 Å². The van der Waals surface area contributed by atoms with Gasteiger partial charge in [0.05, 0.1) is 11.9 Å². The number of benzene rings is 3. The molecule has 0 radical (unpaired) electrons. The van der Waals surface area contributed by atoms with Crippen LogP contribution < -0.4 is 15.4 Å². The molecule has 75 heavy (non-hydrogen) atoms. The van der Waals surface area contributed by atoms with Crippen LogP contribution >= 0.6 is 11.8 Å². The zero-order valence-electron chi connectivity index (χ0n) is 48.0. The van der Waals surface area contributed by atoms with Crippen molar-refractivity contribution in [3.63, 3.8) is 0 Å². The first-order valence-electron chi connectivity index (χ1n) is 27.6. The summed E-state index contributed by atoms with van der Waals surface area (Å²) in [6, 6.07) is 27.1. The Morgan fingerprint density at radius 2 is 1.12 bits per heavy atom. The van der Waals surface area contributed by atoms with E-state index in [1.54, 1.807) is 81.2 Å². The second kappa shape index (κ2) is 29.3. The summed E-state index contributed by atoms with van der Waals surface area (Å²) in [4.78, 5) is 61.4. The van der Waals surface area contributed by atoms with E-state index in [1.165, 1.54) is 114 Å². The second-order valence-corrected chi connectivity index (χ2v) is 24.6. The molecule has 2 unspecified atom stereocenters. The smallest absolute Gasteiger partial charge is 0.417 e. The molecule has 1 aliphatic rings. The Balaban J connectivity index is 1.64. The van der Waals surface area contributed by atoms with Crippen LogP contribution in [0.3, 0.4) is 0 Å². The van der Waals surface area contributed by atoms with Crippen LogP contribution in [-0.4, -0.2) is 103 Å². The standard InChI is InChI=1S/C61H93N5O8S/c1-57(2,3)72-54(68)64-51(32-29-44-66(56(70)74-59(7,8)9)53(62-11)65(12)55(69)73-58(4,5)6)52(67)63-43-45-75-61(47-30-25-24-26-31-47,49-37-39-50(71-13)40-38-49)48-35-33-46(34-36-48)60(10)41-27-22-20-18-16-14-15-17-19-21-23-28-42-60/h24-26,30-31,33-40,51H,14-23,27-29,32,41-45H2,1-13H3,(H,63,67)(H,64,68)/b62-53+. The highest BCUT2D eigenvalue weighted by atomic mass is 32.2. The number of guanidine groups is 1. The average molecular weight is 1060 g/mol. The third-order valence-electron chi connectivity index (χ3n) is 13.5. The lowest BCUT2D eigenvalue weighted by Crippen LogP contribution is -2.52. The maximum atomic E-state index is 14.4. The van der Waals surface area contributed by atoms with Gasteiger partial charge in [0.2, 0.25) is 11.9 Å².